The average molecular weight is 324 g/mol. The molecule has 17 heavy (non-hydrogen) atoms. The molecule has 1 fully saturated rings. The Hall–Kier alpha value is -0.520. The van der Waals surface area contributed by atoms with Crippen molar-refractivity contribution < 1.29 is 9.21 Å². The summed E-state index contributed by atoms with van der Waals surface area (Å²) in [5, 5.41) is 2.98. The van der Waals surface area contributed by atoms with E-state index in [1.54, 1.807) is 12.1 Å². The van der Waals surface area contributed by atoms with Crippen molar-refractivity contribution in [2.24, 2.45) is 11.7 Å². The fraction of sp³-hybridized carbons (Fsp3) is 0.545. The van der Waals surface area contributed by atoms with Crippen molar-refractivity contribution in [1.82, 2.24) is 5.32 Å². The molecule has 0 bridgehead atoms. The summed E-state index contributed by atoms with van der Waals surface area (Å²) in [4.78, 5) is 11.8. The fourth-order valence-corrected chi connectivity index (χ4v) is 2.49. The van der Waals surface area contributed by atoms with Gasteiger partial charge < -0.3 is 15.5 Å². The molecule has 96 valence electrons. The first-order valence-electron chi connectivity index (χ1n) is 5.47. The molecule has 0 spiro atoms. The second kappa shape index (κ2) is 6.42. The van der Waals surface area contributed by atoms with Crippen LogP contribution in [0.5, 0.6) is 0 Å². The topological polar surface area (TPSA) is 68.3 Å². The van der Waals surface area contributed by atoms with Crippen LogP contribution in [0, 0.1) is 5.92 Å². The van der Waals surface area contributed by atoms with Crippen molar-refractivity contribution >= 4 is 34.2 Å². The highest BCUT2D eigenvalue weighted by Crippen LogP contribution is 2.25. The molecule has 1 aliphatic rings. The van der Waals surface area contributed by atoms with Crippen LogP contribution in [0.1, 0.15) is 29.8 Å². The van der Waals surface area contributed by atoms with Gasteiger partial charge in [0.1, 0.15) is 0 Å². The van der Waals surface area contributed by atoms with Gasteiger partial charge in [0.2, 0.25) is 0 Å². The maximum absolute atomic E-state index is 11.8. The summed E-state index contributed by atoms with van der Waals surface area (Å²) in [5.74, 6) is 0.591. The molecule has 1 saturated carbocycles. The number of halogens is 2. The van der Waals surface area contributed by atoms with Gasteiger partial charge in [0.05, 0.1) is 0 Å². The zero-order valence-corrected chi connectivity index (χ0v) is 11.7. The first-order valence-corrected chi connectivity index (χ1v) is 6.26. The van der Waals surface area contributed by atoms with Gasteiger partial charge in [-0.2, -0.15) is 0 Å². The molecule has 1 aliphatic carbocycles. The second-order valence-corrected chi connectivity index (χ2v) is 4.89. The normalized spacial score (nSPS) is 23.2. The van der Waals surface area contributed by atoms with Gasteiger partial charge in [-0.3, -0.25) is 4.79 Å². The lowest BCUT2D eigenvalue weighted by atomic mass is 10.0. The van der Waals surface area contributed by atoms with Crippen molar-refractivity contribution in [1.29, 1.82) is 0 Å². The number of hydrogen-bond donors (Lipinski definition) is 2. The van der Waals surface area contributed by atoms with E-state index in [1.807, 2.05) is 0 Å². The number of furan rings is 1. The number of hydrogen-bond acceptors (Lipinski definition) is 3. The molecule has 1 amide bonds. The molecule has 1 heterocycles. The molecule has 3 N–H and O–H groups in total. The van der Waals surface area contributed by atoms with Crippen molar-refractivity contribution in [3.8, 4) is 0 Å². The van der Waals surface area contributed by atoms with Crippen LogP contribution in [0.2, 0.25) is 0 Å². The van der Waals surface area contributed by atoms with Gasteiger partial charge in [0, 0.05) is 6.04 Å². The number of carbonyl (C=O) groups is 1. The Morgan fingerprint density at radius 1 is 1.53 bits per heavy atom. The standard InChI is InChI=1S/C11H15BrN2O2.ClH/c12-10-5-4-9(16-10)11(15)14-8-3-1-2-7(8)6-13;/h4-5,7-8H,1-3,6,13H2,(H,14,15);1H. The third kappa shape index (κ3) is 3.47. The minimum Gasteiger partial charge on any atom is -0.444 e. The highest BCUT2D eigenvalue weighted by molar-refractivity contribution is 9.10. The summed E-state index contributed by atoms with van der Waals surface area (Å²) < 4.78 is 5.77. The molecule has 0 saturated heterocycles. The zero-order chi connectivity index (χ0) is 11.5. The van der Waals surface area contributed by atoms with Gasteiger partial charge in [0.25, 0.3) is 5.91 Å². The molecule has 0 aliphatic heterocycles. The molecule has 2 rings (SSSR count). The minimum absolute atomic E-state index is 0. The molecule has 2 atom stereocenters. The quantitative estimate of drug-likeness (QED) is 0.897. The molecule has 0 radical (unpaired) electrons. The lowest BCUT2D eigenvalue weighted by molar-refractivity contribution is 0.0899. The monoisotopic (exact) mass is 322 g/mol. The smallest absolute Gasteiger partial charge is 0.287 e. The summed E-state index contributed by atoms with van der Waals surface area (Å²) in [6, 6.07) is 3.57. The Kier molecular flexibility index (Phi) is 5.49. The highest BCUT2D eigenvalue weighted by Gasteiger charge is 2.28. The molecule has 6 heteroatoms. The molecular formula is C11H16BrClN2O2. The van der Waals surface area contributed by atoms with E-state index in [1.165, 1.54) is 0 Å². The molecule has 2 unspecified atom stereocenters. The summed E-state index contributed by atoms with van der Waals surface area (Å²) in [6.45, 7) is 0.632. The molecule has 1 aromatic heterocycles. The van der Waals surface area contributed by atoms with Crippen LogP contribution in [0.4, 0.5) is 0 Å². The molecular weight excluding hydrogens is 307 g/mol. The number of carbonyl (C=O) groups excluding carboxylic acids is 1. The van der Waals surface area contributed by atoms with Crippen LogP contribution in [0.15, 0.2) is 21.2 Å². The Balaban J connectivity index is 0.00000144. The van der Waals surface area contributed by atoms with E-state index < -0.39 is 0 Å². The number of amides is 1. The first-order chi connectivity index (χ1) is 7.70. The van der Waals surface area contributed by atoms with E-state index in [-0.39, 0.29) is 24.4 Å². The van der Waals surface area contributed by atoms with Crippen LogP contribution in [0.25, 0.3) is 0 Å². The van der Waals surface area contributed by atoms with Crippen molar-refractivity contribution in [3.05, 3.63) is 22.6 Å². The lowest BCUT2D eigenvalue weighted by Crippen LogP contribution is -2.39. The lowest BCUT2D eigenvalue weighted by Gasteiger charge is -2.18. The third-order valence-corrected chi connectivity index (χ3v) is 3.50. The van der Waals surface area contributed by atoms with Gasteiger partial charge in [-0.1, -0.05) is 6.42 Å². The summed E-state index contributed by atoms with van der Waals surface area (Å²) in [5.41, 5.74) is 5.66. The van der Waals surface area contributed by atoms with E-state index in [0.717, 1.165) is 19.3 Å². The number of nitrogens with two attached hydrogens (primary N) is 1. The minimum atomic E-state index is -0.156. The largest absolute Gasteiger partial charge is 0.444 e. The van der Waals surface area contributed by atoms with Gasteiger partial charge in [0.15, 0.2) is 10.4 Å². The van der Waals surface area contributed by atoms with E-state index in [2.05, 4.69) is 21.2 Å². The molecule has 1 aromatic rings. The Morgan fingerprint density at radius 3 is 2.88 bits per heavy atom. The Morgan fingerprint density at radius 2 is 2.29 bits per heavy atom. The predicted octanol–water partition coefficient (Wildman–Crippen LogP) is 2.32. The van der Waals surface area contributed by atoms with Crippen molar-refractivity contribution in [2.45, 2.75) is 25.3 Å². The van der Waals surface area contributed by atoms with Gasteiger partial charge in [-0.15, -0.1) is 12.4 Å². The maximum Gasteiger partial charge on any atom is 0.287 e. The van der Waals surface area contributed by atoms with Crippen LogP contribution >= 0.6 is 28.3 Å². The first kappa shape index (κ1) is 14.5. The van der Waals surface area contributed by atoms with Crippen LogP contribution in [-0.4, -0.2) is 18.5 Å². The Labute approximate surface area is 115 Å². The highest BCUT2D eigenvalue weighted by atomic mass is 79.9. The van der Waals surface area contributed by atoms with Crippen LogP contribution in [0.3, 0.4) is 0 Å². The van der Waals surface area contributed by atoms with Gasteiger partial charge >= 0.3 is 0 Å². The predicted molar refractivity (Wildman–Crippen MR) is 71.3 cm³/mol. The summed E-state index contributed by atoms with van der Waals surface area (Å²) in [6.07, 6.45) is 3.24. The Bertz CT molecular complexity index is 383. The SMILES string of the molecule is Cl.NCC1CCCC1NC(=O)c1ccc(Br)o1. The van der Waals surface area contributed by atoms with Crippen LogP contribution < -0.4 is 11.1 Å². The maximum atomic E-state index is 11.8. The molecule has 4 nitrogen and oxygen atoms in total. The van der Waals surface area contributed by atoms with Crippen molar-refractivity contribution in [3.63, 3.8) is 0 Å². The summed E-state index contributed by atoms with van der Waals surface area (Å²) in [7, 11) is 0. The fourth-order valence-electron chi connectivity index (χ4n) is 2.18. The number of rotatable bonds is 3. The van der Waals surface area contributed by atoms with Crippen LogP contribution in [-0.2, 0) is 0 Å². The van der Waals surface area contributed by atoms with Gasteiger partial charge in [-0.05, 0) is 53.4 Å². The summed E-state index contributed by atoms with van der Waals surface area (Å²) >= 11 is 3.17. The van der Waals surface area contributed by atoms with E-state index in [0.29, 0.717) is 22.9 Å². The molecule has 0 aromatic carbocycles. The van der Waals surface area contributed by atoms with Crippen molar-refractivity contribution in [2.75, 3.05) is 6.54 Å². The second-order valence-electron chi connectivity index (χ2n) is 4.11. The van der Waals surface area contributed by atoms with E-state index >= 15 is 0 Å². The third-order valence-electron chi connectivity index (χ3n) is 3.08. The zero-order valence-electron chi connectivity index (χ0n) is 9.32. The van der Waals surface area contributed by atoms with E-state index in [9.17, 15) is 4.79 Å². The average Bonchev–Trinajstić information content (AvgIpc) is 2.86. The number of nitrogens with one attached hydrogen (secondary N) is 1. The van der Waals surface area contributed by atoms with Gasteiger partial charge in [-0.25, -0.2) is 0 Å². The van der Waals surface area contributed by atoms with E-state index in [4.69, 9.17) is 10.2 Å².